The van der Waals surface area contributed by atoms with E-state index in [1.165, 1.54) is 27.9 Å². The van der Waals surface area contributed by atoms with Crippen LogP contribution in [0.5, 0.6) is 0 Å². The fourth-order valence-corrected chi connectivity index (χ4v) is 4.77. The maximum Gasteiger partial charge on any atom is 0.146 e. The van der Waals surface area contributed by atoms with Crippen molar-refractivity contribution in [3.8, 4) is 0 Å². The van der Waals surface area contributed by atoms with Crippen molar-refractivity contribution < 1.29 is 9.90 Å². The van der Waals surface area contributed by atoms with Crippen molar-refractivity contribution in [2.24, 2.45) is 5.41 Å². The van der Waals surface area contributed by atoms with Crippen LogP contribution in [0.25, 0.3) is 0 Å². The van der Waals surface area contributed by atoms with Gasteiger partial charge in [0.25, 0.3) is 0 Å². The molecule has 0 fully saturated rings. The molecule has 0 aromatic carbocycles. The summed E-state index contributed by atoms with van der Waals surface area (Å²) in [6, 6.07) is 0. The number of rotatable bonds is 14. The van der Waals surface area contributed by atoms with E-state index >= 15 is 0 Å². The first-order valence-electron chi connectivity index (χ1n) is 15.1. The van der Waals surface area contributed by atoms with Crippen LogP contribution in [0.4, 0.5) is 0 Å². The van der Waals surface area contributed by atoms with Gasteiger partial charge in [-0.2, -0.15) is 0 Å². The minimum atomic E-state index is -0.230. The van der Waals surface area contributed by atoms with Crippen molar-refractivity contribution in [2.45, 2.75) is 94.1 Å². The normalized spacial score (nSPS) is 19.9. The summed E-state index contributed by atoms with van der Waals surface area (Å²) in [6.07, 6.45) is 37.2. The molecule has 1 aliphatic rings. The van der Waals surface area contributed by atoms with E-state index in [0.717, 1.165) is 48.7 Å². The lowest BCUT2D eigenvalue weighted by Gasteiger charge is -2.35. The van der Waals surface area contributed by atoms with E-state index < -0.39 is 0 Å². The second kappa shape index (κ2) is 19.6. The fraction of sp³-hybridized carbons (Fsp3) is 0.375. The van der Waals surface area contributed by atoms with E-state index in [0.29, 0.717) is 0 Å². The minimum Gasteiger partial charge on any atom is -0.393 e. The Labute approximate surface area is 257 Å². The van der Waals surface area contributed by atoms with Crippen LogP contribution in [-0.4, -0.2) is 17.5 Å². The fourth-order valence-electron chi connectivity index (χ4n) is 4.77. The van der Waals surface area contributed by atoms with Gasteiger partial charge < -0.3 is 5.11 Å². The van der Waals surface area contributed by atoms with Gasteiger partial charge in [-0.05, 0) is 90.7 Å². The molecule has 0 radical (unpaired) electrons. The number of hydrogen-bond donors (Lipinski definition) is 1. The Morgan fingerprint density at radius 3 is 1.71 bits per heavy atom. The second-order valence-electron chi connectivity index (χ2n) is 12.3. The predicted molar refractivity (Wildman–Crippen MR) is 185 cm³/mol. The van der Waals surface area contributed by atoms with Gasteiger partial charge in [0.05, 0.1) is 6.10 Å². The average molecular weight is 567 g/mol. The zero-order chi connectivity index (χ0) is 31.5. The van der Waals surface area contributed by atoms with Crippen LogP contribution in [0.15, 0.2) is 142 Å². The third kappa shape index (κ3) is 16.1. The molecule has 0 amide bonds. The van der Waals surface area contributed by atoms with Gasteiger partial charge in [0.2, 0.25) is 0 Å². The van der Waals surface area contributed by atoms with Gasteiger partial charge in [-0.15, -0.1) is 0 Å². The lowest BCUT2D eigenvalue weighted by atomic mass is 9.71. The standard InChI is InChI=1S/C40H54O2/c1-31(2)16-12-24-37(30-41)25-15-23-34(5)21-13-19-32(3)17-10-11-18-33(4)20-14-22-35(6)26-27-39-36(7)28-38(42)29-40(39,8)9/h10-11,13-23,25-27,30,38,42H,12,24,28-29H2,1-9H3. The topological polar surface area (TPSA) is 37.3 Å². The predicted octanol–water partition coefficient (Wildman–Crippen LogP) is 10.9. The Kier molecular flexibility index (Phi) is 17.0. The van der Waals surface area contributed by atoms with Crippen molar-refractivity contribution >= 4 is 6.29 Å². The summed E-state index contributed by atoms with van der Waals surface area (Å²) in [5, 5.41) is 10.1. The Morgan fingerprint density at radius 2 is 1.24 bits per heavy atom. The SMILES string of the molecule is CC(C)=CCCC(C=O)=CC=CC(C)=CC=CC(C)=CC=CC=C(C)C=CC=C(C)C=CC1=C(C)CC(O)CC1(C)C. The molecule has 1 atom stereocenters. The van der Waals surface area contributed by atoms with Crippen LogP contribution in [0.2, 0.25) is 0 Å². The first kappa shape index (κ1) is 36.5. The first-order valence-corrected chi connectivity index (χ1v) is 15.1. The highest BCUT2D eigenvalue weighted by Crippen LogP contribution is 2.41. The van der Waals surface area contributed by atoms with Gasteiger partial charge in [0.1, 0.15) is 6.29 Å². The van der Waals surface area contributed by atoms with Gasteiger partial charge in [-0.3, -0.25) is 4.79 Å². The van der Waals surface area contributed by atoms with Gasteiger partial charge in [0, 0.05) is 0 Å². The summed E-state index contributed by atoms with van der Waals surface area (Å²) < 4.78 is 0. The number of carbonyl (C=O) groups is 1. The van der Waals surface area contributed by atoms with Crippen LogP contribution < -0.4 is 0 Å². The molecule has 0 aliphatic heterocycles. The summed E-state index contributed by atoms with van der Waals surface area (Å²) >= 11 is 0. The third-order valence-electron chi connectivity index (χ3n) is 7.06. The highest BCUT2D eigenvalue weighted by Gasteiger charge is 2.31. The molecule has 2 heteroatoms. The Morgan fingerprint density at radius 1 is 0.762 bits per heavy atom. The van der Waals surface area contributed by atoms with E-state index in [-0.39, 0.29) is 11.5 Å². The Hall–Kier alpha value is -3.49. The van der Waals surface area contributed by atoms with Crippen LogP contribution in [0.1, 0.15) is 88.0 Å². The molecular formula is C40H54O2. The monoisotopic (exact) mass is 566 g/mol. The molecule has 0 bridgehead atoms. The Bertz CT molecular complexity index is 1270. The zero-order valence-electron chi connectivity index (χ0n) is 27.6. The largest absolute Gasteiger partial charge is 0.393 e. The molecule has 0 aromatic rings. The van der Waals surface area contributed by atoms with Gasteiger partial charge >= 0.3 is 0 Å². The smallest absolute Gasteiger partial charge is 0.146 e. The lowest BCUT2D eigenvalue weighted by Crippen LogP contribution is -2.28. The molecule has 0 saturated heterocycles. The molecule has 0 saturated carbocycles. The van der Waals surface area contributed by atoms with Gasteiger partial charge in [-0.25, -0.2) is 0 Å². The number of aliphatic hydroxyl groups excluding tert-OH is 1. The third-order valence-corrected chi connectivity index (χ3v) is 7.06. The second-order valence-corrected chi connectivity index (χ2v) is 12.3. The molecule has 0 aromatic heterocycles. The molecule has 1 unspecified atom stereocenters. The van der Waals surface area contributed by atoms with Crippen molar-refractivity contribution in [3.05, 3.63) is 142 Å². The van der Waals surface area contributed by atoms with E-state index in [9.17, 15) is 9.90 Å². The summed E-state index contributed by atoms with van der Waals surface area (Å²) in [5.74, 6) is 0. The number of hydrogen-bond acceptors (Lipinski definition) is 2. The van der Waals surface area contributed by atoms with Crippen molar-refractivity contribution in [1.82, 2.24) is 0 Å². The number of aldehydes is 1. The highest BCUT2D eigenvalue weighted by atomic mass is 16.3. The molecule has 0 heterocycles. The molecule has 1 rings (SSSR count). The molecule has 1 aliphatic carbocycles. The van der Waals surface area contributed by atoms with Crippen LogP contribution in [0.3, 0.4) is 0 Å². The van der Waals surface area contributed by atoms with Crippen molar-refractivity contribution in [2.75, 3.05) is 0 Å². The minimum absolute atomic E-state index is 0.00147. The molecule has 226 valence electrons. The molecule has 0 spiro atoms. The Balaban J connectivity index is 2.63. The zero-order valence-corrected chi connectivity index (χ0v) is 27.6. The van der Waals surface area contributed by atoms with E-state index in [2.05, 4.69) is 128 Å². The first-order chi connectivity index (χ1) is 19.8. The van der Waals surface area contributed by atoms with E-state index in [4.69, 9.17) is 0 Å². The van der Waals surface area contributed by atoms with E-state index in [1.807, 2.05) is 31.2 Å². The summed E-state index contributed by atoms with van der Waals surface area (Å²) in [7, 11) is 0. The lowest BCUT2D eigenvalue weighted by molar-refractivity contribution is -0.105. The number of carbonyl (C=O) groups excluding carboxylic acids is 1. The number of allylic oxidation sites excluding steroid dienone is 23. The summed E-state index contributed by atoms with van der Waals surface area (Å²) in [4.78, 5) is 11.2. The van der Waals surface area contributed by atoms with Gasteiger partial charge in [-0.1, -0.05) is 145 Å². The average Bonchev–Trinajstić information content (AvgIpc) is 2.89. The van der Waals surface area contributed by atoms with E-state index in [1.54, 1.807) is 0 Å². The summed E-state index contributed by atoms with van der Waals surface area (Å²) in [6.45, 7) is 19.0. The molecule has 42 heavy (non-hydrogen) atoms. The van der Waals surface area contributed by atoms with Crippen LogP contribution >= 0.6 is 0 Å². The van der Waals surface area contributed by atoms with Crippen LogP contribution in [-0.2, 0) is 4.79 Å². The quantitative estimate of drug-likeness (QED) is 0.0982. The molecule has 2 nitrogen and oxygen atoms in total. The highest BCUT2D eigenvalue weighted by molar-refractivity contribution is 5.73. The number of aliphatic hydroxyl groups is 1. The van der Waals surface area contributed by atoms with Crippen molar-refractivity contribution in [3.63, 3.8) is 0 Å². The van der Waals surface area contributed by atoms with Crippen molar-refractivity contribution in [1.29, 1.82) is 0 Å². The van der Waals surface area contributed by atoms with Crippen LogP contribution in [0, 0.1) is 5.41 Å². The molecular weight excluding hydrogens is 512 g/mol. The summed E-state index contributed by atoms with van der Waals surface area (Å²) in [5.41, 5.74) is 9.37. The maximum atomic E-state index is 11.2. The molecule has 1 N–H and O–H groups in total. The maximum absolute atomic E-state index is 11.2. The van der Waals surface area contributed by atoms with Gasteiger partial charge in [0.15, 0.2) is 0 Å².